The molecule has 1 nitrogen and oxygen atoms in total. The van der Waals surface area contributed by atoms with Crippen LogP contribution in [0.25, 0.3) is 0 Å². The first kappa shape index (κ1) is 15.3. The van der Waals surface area contributed by atoms with Gasteiger partial charge in [-0.3, -0.25) is 0 Å². The average Bonchev–Trinajstić information content (AvgIpc) is 2.50. The molecule has 0 radical (unpaired) electrons. The Balaban J connectivity index is 2.17. The highest BCUT2D eigenvalue weighted by atomic mass is 32.1. The SMILES string of the molecule is BC1(C(C)C)CCC2CCC(=S)N(C(C)C)C2CC1. The first-order valence-corrected chi connectivity index (χ1v) is 8.57. The molecule has 3 heteroatoms. The van der Waals surface area contributed by atoms with Crippen molar-refractivity contribution >= 4 is 25.1 Å². The van der Waals surface area contributed by atoms with Gasteiger partial charge in [0.15, 0.2) is 0 Å². The molecule has 0 aromatic heterocycles. The molecule has 19 heavy (non-hydrogen) atoms. The molecule has 1 saturated heterocycles. The smallest absolute Gasteiger partial charge is 0.109 e. The third-order valence-corrected chi connectivity index (χ3v) is 6.38. The maximum atomic E-state index is 5.65. The zero-order chi connectivity index (χ0) is 14.2. The van der Waals surface area contributed by atoms with E-state index in [1.807, 2.05) is 0 Å². The Kier molecular flexibility index (Phi) is 4.65. The molecule has 3 unspecified atom stereocenters. The molecule has 108 valence electrons. The predicted molar refractivity (Wildman–Crippen MR) is 90.6 cm³/mol. The first-order valence-electron chi connectivity index (χ1n) is 8.16. The van der Waals surface area contributed by atoms with Gasteiger partial charge < -0.3 is 4.90 Å². The number of nitrogens with zero attached hydrogens (tertiary/aromatic N) is 1. The Hall–Kier alpha value is -0.0451. The summed E-state index contributed by atoms with van der Waals surface area (Å²) < 4.78 is 0. The maximum absolute atomic E-state index is 5.65. The molecule has 0 spiro atoms. The summed E-state index contributed by atoms with van der Waals surface area (Å²) in [6.45, 7) is 9.42. The van der Waals surface area contributed by atoms with Gasteiger partial charge in [0.05, 0.1) is 4.99 Å². The number of likely N-dealkylation sites (tertiary alicyclic amines) is 1. The fourth-order valence-corrected chi connectivity index (χ4v) is 4.58. The standard InChI is InChI=1S/C16H30BNS/c1-11(2)16(17)9-7-13-5-6-15(19)18(12(3)4)14(13)8-10-16/h11-14H,5-10,17H2,1-4H3. The predicted octanol–water partition coefficient (Wildman–Crippen LogP) is 3.82. The molecule has 2 fully saturated rings. The van der Waals surface area contributed by atoms with Gasteiger partial charge in [0, 0.05) is 12.1 Å². The van der Waals surface area contributed by atoms with Gasteiger partial charge in [-0.1, -0.05) is 44.2 Å². The molecule has 0 aromatic carbocycles. The maximum Gasteiger partial charge on any atom is 0.109 e. The molecule has 0 bridgehead atoms. The first-order chi connectivity index (χ1) is 8.85. The summed E-state index contributed by atoms with van der Waals surface area (Å²) in [5.41, 5.74) is 0. The number of hydrogen-bond donors (Lipinski definition) is 0. The van der Waals surface area contributed by atoms with Crippen molar-refractivity contribution in [3.8, 4) is 0 Å². The van der Waals surface area contributed by atoms with E-state index in [1.165, 1.54) is 37.1 Å². The quantitative estimate of drug-likeness (QED) is 0.558. The number of rotatable bonds is 2. The normalized spacial score (nSPS) is 36.5. The fraction of sp³-hybridized carbons (Fsp3) is 0.938. The minimum absolute atomic E-state index is 0.543. The summed E-state index contributed by atoms with van der Waals surface area (Å²) in [6.07, 6.45) is 8.01. The lowest BCUT2D eigenvalue weighted by molar-refractivity contribution is 0.153. The lowest BCUT2D eigenvalue weighted by atomic mass is 9.57. The molecule has 3 atom stereocenters. The zero-order valence-electron chi connectivity index (χ0n) is 13.4. The number of piperidine rings is 1. The average molecular weight is 279 g/mol. The van der Waals surface area contributed by atoms with Crippen LogP contribution in [0.5, 0.6) is 0 Å². The van der Waals surface area contributed by atoms with Crippen LogP contribution in [0.4, 0.5) is 0 Å². The van der Waals surface area contributed by atoms with E-state index in [0.29, 0.717) is 11.4 Å². The fourth-order valence-electron chi connectivity index (χ4n) is 4.12. The lowest BCUT2D eigenvalue weighted by Gasteiger charge is -2.45. The molecule has 1 aliphatic carbocycles. The van der Waals surface area contributed by atoms with Gasteiger partial charge in [-0.05, 0) is 51.4 Å². The lowest BCUT2D eigenvalue weighted by Crippen LogP contribution is -2.50. The molecule has 1 heterocycles. The molecule has 0 aromatic rings. The third-order valence-electron chi connectivity index (χ3n) is 5.97. The minimum Gasteiger partial charge on any atom is -0.360 e. The van der Waals surface area contributed by atoms with E-state index >= 15 is 0 Å². The highest BCUT2D eigenvalue weighted by molar-refractivity contribution is 7.80. The van der Waals surface area contributed by atoms with Crippen LogP contribution < -0.4 is 0 Å². The molecule has 2 aliphatic rings. The topological polar surface area (TPSA) is 3.24 Å². The summed E-state index contributed by atoms with van der Waals surface area (Å²) in [7, 11) is 2.51. The molecule has 1 saturated carbocycles. The van der Waals surface area contributed by atoms with E-state index in [9.17, 15) is 0 Å². The second-order valence-corrected chi connectivity index (χ2v) is 8.12. The van der Waals surface area contributed by atoms with Gasteiger partial charge in [0.1, 0.15) is 7.85 Å². The molecule has 2 rings (SSSR count). The Labute approximate surface area is 125 Å². The summed E-state index contributed by atoms with van der Waals surface area (Å²) in [5.74, 6) is 1.68. The molecule has 0 amide bonds. The van der Waals surface area contributed by atoms with Gasteiger partial charge >= 0.3 is 0 Å². The van der Waals surface area contributed by atoms with Gasteiger partial charge in [0.2, 0.25) is 0 Å². The van der Waals surface area contributed by atoms with Gasteiger partial charge in [-0.2, -0.15) is 0 Å². The van der Waals surface area contributed by atoms with E-state index in [2.05, 4.69) is 40.4 Å². The van der Waals surface area contributed by atoms with E-state index in [-0.39, 0.29) is 0 Å². The second kappa shape index (κ2) is 5.75. The van der Waals surface area contributed by atoms with Gasteiger partial charge in [-0.25, -0.2) is 0 Å². The van der Waals surface area contributed by atoms with E-state index in [4.69, 9.17) is 12.2 Å². The molecular formula is C16H30BNS. The van der Waals surface area contributed by atoms with E-state index in [1.54, 1.807) is 0 Å². The molecule has 1 aliphatic heterocycles. The summed E-state index contributed by atoms with van der Waals surface area (Å²) in [6, 6.07) is 1.30. The van der Waals surface area contributed by atoms with Crippen molar-refractivity contribution in [1.82, 2.24) is 4.90 Å². The van der Waals surface area contributed by atoms with Crippen LogP contribution in [0, 0.1) is 11.8 Å². The second-order valence-electron chi connectivity index (χ2n) is 7.65. The Morgan fingerprint density at radius 3 is 2.37 bits per heavy atom. The zero-order valence-corrected chi connectivity index (χ0v) is 14.2. The monoisotopic (exact) mass is 279 g/mol. The number of hydrogen-bond acceptors (Lipinski definition) is 1. The molecule has 0 N–H and O–H groups in total. The van der Waals surface area contributed by atoms with Crippen molar-refractivity contribution < 1.29 is 0 Å². The van der Waals surface area contributed by atoms with Crippen molar-refractivity contribution in [3.05, 3.63) is 0 Å². The largest absolute Gasteiger partial charge is 0.360 e. The highest BCUT2D eigenvalue weighted by Gasteiger charge is 2.40. The van der Waals surface area contributed by atoms with Crippen LogP contribution in [0.1, 0.15) is 66.2 Å². The number of thiocarbonyl (C=S) groups is 1. The van der Waals surface area contributed by atoms with Crippen molar-refractivity contribution in [2.45, 2.75) is 83.6 Å². The Morgan fingerprint density at radius 2 is 1.79 bits per heavy atom. The van der Waals surface area contributed by atoms with Crippen LogP contribution in [-0.2, 0) is 0 Å². The van der Waals surface area contributed by atoms with Gasteiger partial charge in [0.25, 0.3) is 0 Å². The van der Waals surface area contributed by atoms with Crippen molar-refractivity contribution in [1.29, 1.82) is 0 Å². The van der Waals surface area contributed by atoms with Gasteiger partial charge in [-0.15, -0.1) is 0 Å². The Bertz CT molecular complexity index is 342. The van der Waals surface area contributed by atoms with Crippen LogP contribution in [-0.4, -0.2) is 29.8 Å². The van der Waals surface area contributed by atoms with Crippen LogP contribution in [0.15, 0.2) is 0 Å². The van der Waals surface area contributed by atoms with Crippen molar-refractivity contribution in [2.75, 3.05) is 0 Å². The van der Waals surface area contributed by atoms with Crippen molar-refractivity contribution in [3.63, 3.8) is 0 Å². The Morgan fingerprint density at radius 1 is 1.16 bits per heavy atom. The van der Waals surface area contributed by atoms with Crippen molar-refractivity contribution in [2.24, 2.45) is 11.8 Å². The van der Waals surface area contributed by atoms with E-state index in [0.717, 1.165) is 24.3 Å². The highest BCUT2D eigenvalue weighted by Crippen LogP contribution is 2.49. The van der Waals surface area contributed by atoms with E-state index < -0.39 is 0 Å². The number of fused-ring (bicyclic) bond motifs is 1. The summed E-state index contributed by atoms with van der Waals surface area (Å²) >= 11 is 5.65. The van der Waals surface area contributed by atoms with Crippen LogP contribution in [0.3, 0.4) is 0 Å². The minimum atomic E-state index is 0.543. The summed E-state index contributed by atoms with van der Waals surface area (Å²) in [4.78, 5) is 3.81. The summed E-state index contributed by atoms with van der Waals surface area (Å²) in [5, 5.41) is 0.543. The third kappa shape index (κ3) is 3.01. The molecular weight excluding hydrogens is 249 g/mol. The van der Waals surface area contributed by atoms with Crippen LogP contribution in [0.2, 0.25) is 5.31 Å². The van der Waals surface area contributed by atoms with Crippen LogP contribution >= 0.6 is 12.2 Å².